The summed E-state index contributed by atoms with van der Waals surface area (Å²) in [6.07, 6.45) is 6.04. The van der Waals surface area contributed by atoms with E-state index in [0.29, 0.717) is 19.4 Å². The number of aryl methyl sites for hydroxylation is 1. The first-order chi connectivity index (χ1) is 19.1. The fourth-order valence-corrected chi connectivity index (χ4v) is 5.15. The Morgan fingerprint density at radius 1 is 0.923 bits per heavy atom. The summed E-state index contributed by atoms with van der Waals surface area (Å²) < 4.78 is 7.83. The summed E-state index contributed by atoms with van der Waals surface area (Å²) in [4.78, 5) is 29.7. The quantitative estimate of drug-likeness (QED) is 0.235. The lowest BCUT2D eigenvalue weighted by Crippen LogP contribution is -2.29. The first kappa shape index (κ1) is 24.6. The van der Waals surface area contributed by atoms with Gasteiger partial charge < -0.3 is 13.9 Å². The Labute approximate surface area is 226 Å². The van der Waals surface area contributed by atoms with Gasteiger partial charge >= 0.3 is 0 Å². The zero-order valence-corrected chi connectivity index (χ0v) is 22.0. The molecule has 0 aliphatic heterocycles. The van der Waals surface area contributed by atoms with Gasteiger partial charge in [-0.1, -0.05) is 48.5 Å². The molecule has 0 radical (unpaired) electrons. The topological polar surface area (TPSA) is 77.0 Å². The smallest absolute Gasteiger partial charge is 0.224 e. The molecule has 3 aromatic heterocycles. The molecule has 0 saturated carbocycles. The molecule has 0 aliphatic rings. The van der Waals surface area contributed by atoms with Crippen LogP contribution in [0.3, 0.4) is 0 Å². The third-order valence-corrected chi connectivity index (χ3v) is 7.20. The highest BCUT2D eigenvalue weighted by molar-refractivity contribution is 5.92. The largest absolute Gasteiger partial charge is 0.467 e. The van der Waals surface area contributed by atoms with E-state index in [0.717, 1.165) is 50.3 Å². The van der Waals surface area contributed by atoms with Crippen LogP contribution in [0.15, 0.2) is 102 Å². The number of benzene rings is 3. The Hall–Kier alpha value is -4.78. The molecule has 7 heteroatoms. The standard InChI is InChI=1S/C32H29N5O2/c1-22-15-18-39-29(22)21-36(2)30(38)20-24(19-23-9-4-3-5-10-23)37-28-14-7-6-12-26(28)35-32(37)25-11-8-13-27-31(25)34-17-16-33-27/h3-18,24H,19-21H2,1-2H3/t24-/m0/s1. The van der Waals surface area contributed by atoms with Crippen LogP contribution < -0.4 is 0 Å². The molecule has 0 aliphatic carbocycles. The summed E-state index contributed by atoms with van der Waals surface area (Å²) in [7, 11) is 1.83. The molecule has 1 amide bonds. The second kappa shape index (κ2) is 10.5. The van der Waals surface area contributed by atoms with Gasteiger partial charge in [0.25, 0.3) is 0 Å². The molecule has 6 rings (SSSR count). The van der Waals surface area contributed by atoms with Crippen LogP contribution in [0.1, 0.15) is 29.3 Å². The lowest BCUT2D eigenvalue weighted by atomic mass is 10.0. The van der Waals surface area contributed by atoms with Gasteiger partial charge in [-0.3, -0.25) is 14.8 Å². The summed E-state index contributed by atoms with van der Waals surface area (Å²) in [6.45, 7) is 2.42. The van der Waals surface area contributed by atoms with Crippen LogP contribution in [0.5, 0.6) is 0 Å². The lowest BCUT2D eigenvalue weighted by Gasteiger charge is -2.25. The minimum atomic E-state index is -0.186. The molecule has 39 heavy (non-hydrogen) atoms. The Morgan fingerprint density at radius 3 is 2.51 bits per heavy atom. The van der Waals surface area contributed by atoms with Crippen LogP contribution in [0, 0.1) is 6.92 Å². The highest BCUT2D eigenvalue weighted by atomic mass is 16.3. The van der Waals surface area contributed by atoms with Crippen molar-refractivity contribution in [2.45, 2.75) is 32.4 Å². The van der Waals surface area contributed by atoms with E-state index in [1.165, 1.54) is 0 Å². The third kappa shape index (κ3) is 4.91. The van der Waals surface area contributed by atoms with Gasteiger partial charge in [-0.15, -0.1) is 0 Å². The third-order valence-electron chi connectivity index (χ3n) is 7.20. The second-order valence-corrected chi connectivity index (χ2v) is 9.85. The van der Waals surface area contributed by atoms with Crippen molar-refractivity contribution in [3.63, 3.8) is 0 Å². The van der Waals surface area contributed by atoms with Crippen LogP contribution in [-0.4, -0.2) is 37.4 Å². The number of carbonyl (C=O) groups is 1. The number of nitrogens with zero attached hydrogens (tertiary/aromatic N) is 5. The van der Waals surface area contributed by atoms with E-state index in [2.05, 4.69) is 32.7 Å². The Bertz CT molecular complexity index is 1750. The van der Waals surface area contributed by atoms with Crippen molar-refractivity contribution >= 4 is 28.0 Å². The van der Waals surface area contributed by atoms with Crippen molar-refractivity contribution in [2.24, 2.45) is 0 Å². The molecule has 3 aromatic carbocycles. The van der Waals surface area contributed by atoms with E-state index in [1.807, 2.05) is 74.6 Å². The number of rotatable bonds is 8. The van der Waals surface area contributed by atoms with Crippen molar-refractivity contribution in [1.29, 1.82) is 0 Å². The fourth-order valence-electron chi connectivity index (χ4n) is 5.15. The zero-order valence-electron chi connectivity index (χ0n) is 22.0. The molecular weight excluding hydrogens is 486 g/mol. The van der Waals surface area contributed by atoms with Crippen molar-refractivity contribution in [3.05, 3.63) is 114 Å². The van der Waals surface area contributed by atoms with E-state index in [1.54, 1.807) is 23.6 Å². The molecule has 0 bridgehead atoms. The van der Waals surface area contributed by atoms with Gasteiger partial charge in [0, 0.05) is 37.5 Å². The van der Waals surface area contributed by atoms with Crippen LogP contribution >= 0.6 is 0 Å². The predicted molar refractivity (Wildman–Crippen MR) is 152 cm³/mol. The minimum Gasteiger partial charge on any atom is -0.467 e. The molecular formula is C32H29N5O2. The average Bonchev–Trinajstić information content (AvgIpc) is 3.55. The Kier molecular flexibility index (Phi) is 6.63. The number of furan rings is 1. The van der Waals surface area contributed by atoms with Gasteiger partial charge in [-0.05, 0) is 54.8 Å². The summed E-state index contributed by atoms with van der Waals surface area (Å²) >= 11 is 0. The van der Waals surface area contributed by atoms with E-state index in [-0.39, 0.29) is 11.9 Å². The molecule has 0 saturated heterocycles. The van der Waals surface area contributed by atoms with Gasteiger partial charge in [0.15, 0.2) is 0 Å². The van der Waals surface area contributed by atoms with Gasteiger partial charge in [-0.2, -0.15) is 0 Å². The van der Waals surface area contributed by atoms with Crippen LogP contribution in [0.4, 0.5) is 0 Å². The molecule has 194 valence electrons. The molecule has 1 atom stereocenters. The number of carbonyl (C=O) groups excluding carboxylic acids is 1. The summed E-state index contributed by atoms with van der Waals surface area (Å²) in [5.74, 6) is 1.61. The van der Waals surface area contributed by atoms with Crippen molar-refractivity contribution < 1.29 is 9.21 Å². The number of imidazole rings is 1. The normalized spacial score (nSPS) is 12.2. The summed E-state index contributed by atoms with van der Waals surface area (Å²) in [5.41, 5.74) is 6.52. The number of hydrogen-bond donors (Lipinski definition) is 0. The zero-order chi connectivity index (χ0) is 26.8. The van der Waals surface area contributed by atoms with Gasteiger partial charge in [0.05, 0.1) is 34.9 Å². The van der Waals surface area contributed by atoms with Gasteiger partial charge in [0.1, 0.15) is 11.6 Å². The summed E-state index contributed by atoms with van der Waals surface area (Å²) in [6, 6.07) is 26.1. The van der Waals surface area contributed by atoms with Crippen molar-refractivity contribution in [2.75, 3.05) is 7.05 Å². The molecule has 0 unspecified atom stereocenters. The van der Waals surface area contributed by atoms with Crippen LogP contribution in [0.25, 0.3) is 33.5 Å². The molecule has 0 N–H and O–H groups in total. The predicted octanol–water partition coefficient (Wildman–Crippen LogP) is 6.38. The molecule has 7 nitrogen and oxygen atoms in total. The van der Waals surface area contributed by atoms with Crippen LogP contribution in [-0.2, 0) is 17.8 Å². The SMILES string of the molecule is Cc1ccoc1CN(C)C(=O)C[C@H](Cc1ccccc1)n1c(-c2cccc3nccnc23)nc2ccccc21. The Balaban J connectivity index is 1.46. The first-order valence-corrected chi connectivity index (χ1v) is 13.1. The van der Waals surface area contributed by atoms with Crippen molar-refractivity contribution in [1.82, 2.24) is 24.4 Å². The minimum absolute atomic E-state index is 0.0353. The highest BCUT2D eigenvalue weighted by Gasteiger charge is 2.26. The lowest BCUT2D eigenvalue weighted by molar-refractivity contribution is -0.131. The summed E-state index contributed by atoms with van der Waals surface area (Å²) in [5, 5.41) is 0. The number of para-hydroxylation sites is 3. The van der Waals surface area contributed by atoms with Gasteiger partial charge in [-0.25, -0.2) is 4.98 Å². The number of amides is 1. The Morgan fingerprint density at radius 2 is 1.69 bits per heavy atom. The van der Waals surface area contributed by atoms with E-state index in [4.69, 9.17) is 9.40 Å². The number of aromatic nitrogens is 4. The maximum atomic E-state index is 13.7. The molecule has 0 spiro atoms. The van der Waals surface area contributed by atoms with Crippen LogP contribution in [0.2, 0.25) is 0 Å². The maximum absolute atomic E-state index is 13.7. The van der Waals surface area contributed by atoms with E-state index >= 15 is 0 Å². The van der Waals surface area contributed by atoms with Crippen molar-refractivity contribution in [3.8, 4) is 11.4 Å². The first-order valence-electron chi connectivity index (χ1n) is 13.1. The highest BCUT2D eigenvalue weighted by Crippen LogP contribution is 2.34. The van der Waals surface area contributed by atoms with Gasteiger partial charge in [0.2, 0.25) is 5.91 Å². The maximum Gasteiger partial charge on any atom is 0.224 e. The average molecular weight is 516 g/mol. The van der Waals surface area contributed by atoms with E-state index < -0.39 is 0 Å². The molecule has 3 heterocycles. The molecule has 6 aromatic rings. The number of hydrogen-bond acceptors (Lipinski definition) is 5. The number of fused-ring (bicyclic) bond motifs is 2. The fraction of sp³-hybridized carbons (Fsp3) is 0.188. The van der Waals surface area contributed by atoms with E-state index in [9.17, 15) is 4.79 Å². The molecule has 0 fully saturated rings. The second-order valence-electron chi connectivity index (χ2n) is 9.85. The monoisotopic (exact) mass is 515 g/mol.